The number of ether oxygens (including phenoxy) is 2. The van der Waals surface area contributed by atoms with E-state index in [1.54, 1.807) is 49.5 Å². The van der Waals surface area contributed by atoms with Gasteiger partial charge in [-0.1, -0.05) is 6.07 Å². The second-order valence-electron chi connectivity index (χ2n) is 6.02. The van der Waals surface area contributed by atoms with Crippen LogP contribution in [0, 0.1) is 0 Å². The Hall–Kier alpha value is -3.26. The van der Waals surface area contributed by atoms with Crippen LogP contribution in [0.5, 0.6) is 11.5 Å². The van der Waals surface area contributed by atoms with Gasteiger partial charge in [-0.05, 0) is 66.7 Å². The molecule has 0 saturated carbocycles. The Bertz CT molecular complexity index is 999. The molecule has 0 radical (unpaired) electrons. The molecule has 0 atom stereocenters. The van der Waals surface area contributed by atoms with Crippen molar-refractivity contribution >= 4 is 40.6 Å². The highest BCUT2D eigenvalue weighted by molar-refractivity contribution is 8.18. The summed E-state index contributed by atoms with van der Waals surface area (Å²) in [4.78, 5) is 30.4. The Balaban J connectivity index is 1.90. The molecule has 150 valence electrons. The summed E-state index contributed by atoms with van der Waals surface area (Å²) in [5.41, 5.74) is 1.57. The summed E-state index contributed by atoms with van der Waals surface area (Å²) in [7, 11) is 3.13. The number of benzene rings is 2. The second kappa shape index (κ2) is 8.83. The van der Waals surface area contributed by atoms with E-state index in [1.165, 1.54) is 23.9 Å². The lowest BCUT2D eigenvalue weighted by molar-refractivity contribution is -0.122. The highest BCUT2D eigenvalue weighted by atomic mass is 32.2. The van der Waals surface area contributed by atoms with Gasteiger partial charge in [0, 0.05) is 6.54 Å². The first-order valence-electron chi connectivity index (χ1n) is 8.82. The summed E-state index contributed by atoms with van der Waals surface area (Å²) in [5, 5.41) is 9.55. The van der Waals surface area contributed by atoms with Crippen LogP contribution < -0.4 is 9.47 Å². The molecule has 0 aliphatic carbocycles. The number of thioether (sulfide) groups is 1. The number of methoxy groups -OCH3 is 2. The Morgan fingerprint density at radius 3 is 2.41 bits per heavy atom. The molecule has 1 aliphatic heterocycles. The number of carbonyl (C=O) groups is 2. The summed E-state index contributed by atoms with van der Waals surface area (Å²) in [6, 6.07) is 11.6. The third-order valence-electron chi connectivity index (χ3n) is 4.25. The van der Waals surface area contributed by atoms with Gasteiger partial charge in [0.15, 0.2) is 16.7 Å². The maximum absolute atomic E-state index is 12.8. The van der Waals surface area contributed by atoms with Crippen LogP contribution in [0.15, 0.2) is 52.4 Å². The lowest BCUT2D eigenvalue weighted by Gasteiger charge is -2.12. The fourth-order valence-electron chi connectivity index (χ4n) is 2.75. The summed E-state index contributed by atoms with van der Waals surface area (Å²) in [6.07, 6.45) is 1.79. The van der Waals surface area contributed by atoms with E-state index < -0.39 is 5.97 Å². The largest absolute Gasteiger partial charge is 0.493 e. The number of likely N-dealkylation sites (N-methyl/N-ethyl adjacent to an activating group) is 1. The van der Waals surface area contributed by atoms with Gasteiger partial charge < -0.3 is 14.6 Å². The minimum absolute atomic E-state index is 0.131. The van der Waals surface area contributed by atoms with Crippen LogP contribution in [0.3, 0.4) is 0 Å². The van der Waals surface area contributed by atoms with E-state index in [9.17, 15) is 9.59 Å². The Morgan fingerprint density at radius 1 is 1.14 bits per heavy atom. The van der Waals surface area contributed by atoms with Gasteiger partial charge in [-0.2, -0.15) is 0 Å². The summed E-state index contributed by atoms with van der Waals surface area (Å²) in [5.74, 6) is 0.0671. The monoisotopic (exact) mass is 412 g/mol. The molecule has 1 heterocycles. The SMILES string of the molecule is CCN1C(=O)/C(=C\c2ccc(OC)c(OC)c2)SC1=Nc1ccc(C(=O)O)cc1. The maximum Gasteiger partial charge on any atom is 0.335 e. The smallest absolute Gasteiger partial charge is 0.335 e. The van der Waals surface area contributed by atoms with Crippen LogP contribution in [-0.4, -0.2) is 47.8 Å². The zero-order chi connectivity index (χ0) is 21.0. The summed E-state index contributed by atoms with van der Waals surface area (Å²) >= 11 is 1.27. The molecule has 0 spiro atoms. The molecule has 1 amide bonds. The van der Waals surface area contributed by atoms with Crippen LogP contribution in [0.4, 0.5) is 5.69 Å². The molecule has 3 rings (SSSR count). The molecule has 29 heavy (non-hydrogen) atoms. The van der Waals surface area contributed by atoms with Crippen molar-refractivity contribution in [1.82, 2.24) is 4.90 Å². The number of amides is 1. The average Bonchev–Trinajstić information content (AvgIpc) is 3.02. The number of carboxylic acids is 1. The fourth-order valence-corrected chi connectivity index (χ4v) is 3.82. The van der Waals surface area contributed by atoms with Crippen molar-refractivity contribution in [3.05, 3.63) is 58.5 Å². The number of aliphatic imine (C=N–C) groups is 1. The molecule has 2 aromatic rings. The van der Waals surface area contributed by atoms with E-state index >= 15 is 0 Å². The van der Waals surface area contributed by atoms with Gasteiger partial charge in [-0.15, -0.1) is 0 Å². The van der Waals surface area contributed by atoms with Crippen LogP contribution in [-0.2, 0) is 4.79 Å². The molecule has 1 aliphatic rings. The molecule has 0 aromatic heterocycles. The molecule has 1 saturated heterocycles. The van der Waals surface area contributed by atoms with Crippen molar-refractivity contribution in [2.24, 2.45) is 4.99 Å². The van der Waals surface area contributed by atoms with Crippen molar-refractivity contribution in [2.75, 3.05) is 20.8 Å². The Morgan fingerprint density at radius 2 is 1.83 bits per heavy atom. The number of rotatable bonds is 6. The number of nitrogens with zero attached hydrogens (tertiary/aromatic N) is 2. The minimum Gasteiger partial charge on any atom is -0.493 e. The van der Waals surface area contributed by atoms with Crippen molar-refractivity contribution < 1.29 is 24.2 Å². The third-order valence-corrected chi connectivity index (χ3v) is 5.26. The van der Waals surface area contributed by atoms with Crippen molar-refractivity contribution in [2.45, 2.75) is 6.92 Å². The zero-order valence-electron chi connectivity index (χ0n) is 16.2. The molecular formula is C21H20N2O5S. The van der Waals surface area contributed by atoms with E-state index in [0.717, 1.165) is 5.56 Å². The number of hydrogen-bond acceptors (Lipinski definition) is 6. The Labute approximate surface area is 172 Å². The van der Waals surface area contributed by atoms with Crippen molar-refractivity contribution in [3.8, 4) is 11.5 Å². The quantitative estimate of drug-likeness (QED) is 0.721. The van der Waals surface area contributed by atoms with Crippen LogP contribution in [0.25, 0.3) is 6.08 Å². The molecule has 1 fully saturated rings. The van der Waals surface area contributed by atoms with Gasteiger partial charge in [-0.25, -0.2) is 9.79 Å². The van der Waals surface area contributed by atoms with Crippen LogP contribution in [0.1, 0.15) is 22.8 Å². The lowest BCUT2D eigenvalue weighted by atomic mass is 10.2. The van der Waals surface area contributed by atoms with Gasteiger partial charge in [0.1, 0.15) is 0 Å². The highest BCUT2D eigenvalue weighted by Gasteiger charge is 2.32. The molecule has 8 heteroatoms. The predicted molar refractivity (Wildman–Crippen MR) is 113 cm³/mol. The number of carbonyl (C=O) groups excluding carboxylic acids is 1. The lowest BCUT2D eigenvalue weighted by Crippen LogP contribution is -2.28. The van der Waals surface area contributed by atoms with Gasteiger partial charge in [-0.3, -0.25) is 9.69 Å². The second-order valence-corrected chi connectivity index (χ2v) is 7.03. The first-order valence-corrected chi connectivity index (χ1v) is 9.64. The number of aromatic carboxylic acids is 1. The van der Waals surface area contributed by atoms with Gasteiger partial charge in [0.2, 0.25) is 0 Å². The minimum atomic E-state index is -0.995. The predicted octanol–water partition coefficient (Wildman–Crippen LogP) is 4.03. The van der Waals surface area contributed by atoms with Gasteiger partial charge in [0.05, 0.1) is 30.4 Å². The highest BCUT2D eigenvalue weighted by Crippen LogP contribution is 2.35. The zero-order valence-corrected chi connectivity index (χ0v) is 17.0. The average molecular weight is 412 g/mol. The van der Waals surface area contributed by atoms with E-state index in [4.69, 9.17) is 14.6 Å². The van der Waals surface area contributed by atoms with Gasteiger partial charge in [0.25, 0.3) is 5.91 Å². The third kappa shape index (κ3) is 4.43. The molecule has 0 unspecified atom stereocenters. The normalized spacial score (nSPS) is 16.5. The van der Waals surface area contributed by atoms with E-state index in [2.05, 4.69) is 4.99 Å². The topological polar surface area (TPSA) is 88.4 Å². The van der Waals surface area contributed by atoms with Crippen molar-refractivity contribution in [1.29, 1.82) is 0 Å². The van der Waals surface area contributed by atoms with Crippen LogP contribution in [0.2, 0.25) is 0 Å². The number of carboxylic acid groups (broad SMARTS) is 1. The number of amidine groups is 1. The van der Waals surface area contributed by atoms with Crippen LogP contribution >= 0.6 is 11.8 Å². The Kier molecular flexibility index (Phi) is 6.23. The molecule has 7 nitrogen and oxygen atoms in total. The molecule has 1 N–H and O–H groups in total. The molecule has 2 aromatic carbocycles. The summed E-state index contributed by atoms with van der Waals surface area (Å²) < 4.78 is 10.6. The van der Waals surface area contributed by atoms with Gasteiger partial charge >= 0.3 is 5.97 Å². The summed E-state index contributed by atoms with van der Waals surface area (Å²) in [6.45, 7) is 2.35. The van der Waals surface area contributed by atoms with Crippen molar-refractivity contribution in [3.63, 3.8) is 0 Å². The van der Waals surface area contributed by atoms with E-state index in [-0.39, 0.29) is 11.5 Å². The maximum atomic E-state index is 12.8. The first kappa shape index (κ1) is 20.5. The van der Waals surface area contributed by atoms with E-state index in [0.29, 0.717) is 33.8 Å². The molecule has 0 bridgehead atoms. The molecular weight excluding hydrogens is 392 g/mol. The standard InChI is InChI=1S/C21H20N2O5S/c1-4-23-19(24)18(12-13-5-10-16(27-2)17(11-13)28-3)29-21(23)22-15-8-6-14(7-9-15)20(25)26/h5-12H,4H2,1-3H3,(H,25,26)/b18-12+,22-21?. The first-order chi connectivity index (χ1) is 14.0. The fraction of sp³-hybridized carbons (Fsp3) is 0.190. The number of hydrogen-bond donors (Lipinski definition) is 1. The van der Waals surface area contributed by atoms with E-state index in [1.807, 2.05) is 13.0 Å².